The van der Waals surface area contributed by atoms with Crippen LogP contribution in [0.5, 0.6) is 11.5 Å². The van der Waals surface area contributed by atoms with Crippen LogP contribution in [0, 0.1) is 6.92 Å². The number of rotatable bonds is 3. The number of aryl methyl sites for hydroxylation is 1. The van der Waals surface area contributed by atoms with Gasteiger partial charge in [-0.15, -0.1) is 0 Å². The van der Waals surface area contributed by atoms with Crippen LogP contribution in [0.25, 0.3) is 0 Å². The fourth-order valence-electron chi connectivity index (χ4n) is 2.55. The van der Waals surface area contributed by atoms with Gasteiger partial charge in [-0.25, -0.2) is 13.1 Å². The molecule has 1 saturated heterocycles. The van der Waals surface area contributed by atoms with E-state index in [0.717, 1.165) is 19.4 Å². The van der Waals surface area contributed by atoms with Gasteiger partial charge in [0, 0.05) is 18.7 Å². The lowest BCUT2D eigenvalue weighted by molar-refractivity contribution is 0.174. The Hall–Kier alpha value is -1.31. The monoisotopic (exact) mass is 298 g/mol. The van der Waals surface area contributed by atoms with Gasteiger partial charge in [0.15, 0.2) is 11.5 Å². The molecule has 1 aromatic carbocycles. The summed E-state index contributed by atoms with van der Waals surface area (Å²) in [5, 5.41) is 3.19. The molecule has 1 fully saturated rings. The summed E-state index contributed by atoms with van der Waals surface area (Å²) in [7, 11) is -3.54. The van der Waals surface area contributed by atoms with Crippen molar-refractivity contribution in [2.45, 2.75) is 30.7 Å². The summed E-state index contributed by atoms with van der Waals surface area (Å²) >= 11 is 0. The van der Waals surface area contributed by atoms with Crippen molar-refractivity contribution in [3.05, 3.63) is 17.7 Å². The zero-order valence-electron chi connectivity index (χ0n) is 11.3. The molecule has 0 radical (unpaired) electrons. The molecule has 2 aliphatic rings. The van der Waals surface area contributed by atoms with Gasteiger partial charge in [0.1, 0.15) is 0 Å². The minimum absolute atomic E-state index is 0.0569. The number of sulfonamides is 1. The lowest BCUT2D eigenvalue weighted by Crippen LogP contribution is -2.45. The Labute approximate surface area is 118 Å². The Morgan fingerprint density at radius 3 is 2.75 bits per heavy atom. The van der Waals surface area contributed by atoms with Crippen LogP contribution in [0.15, 0.2) is 17.0 Å². The largest absolute Gasteiger partial charge is 0.454 e. The molecule has 0 saturated carbocycles. The van der Waals surface area contributed by atoms with E-state index < -0.39 is 10.0 Å². The van der Waals surface area contributed by atoms with Crippen LogP contribution in [0.1, 0.15) is 18.4 Å². The molecular formula is C13H18N2O4S. The number of hydrogen-bond acceptors (Lipinski definition) is 5. The highest BCUT2D eigenvalue weighted by Crippen LogP contribution is 2.36. The molecule has 0 aromatic heterocycles. The first-order chi connectivity index (χ1) is 9.56. The number of piperidine rings is 1. The summed E-state index contributed by atoms with van der Waals surface area (Å²) < 4.78 is 38.2. The second kappa shape index (κ2) is 5.23. The Kier molecular flexibility index (Phi) is 3.57. The summed E-state index contributed by atoms with van der Waals surface area (Å²) in [5.41, 5.74) is 0.658. The zero-order chi connectivity index (χ0) is 14.2. The van der Waals surface area contributed by atoms with E-state index in [0.29, 0.717) is 23.6 Å². The van der Waals surface area contributed by atoms with Crippen molar-refractivity contribution in [1.82, 2.24) is 10.0 Å². The van der Waals surface area contributed by atoms with Crippen molar-refractivity contribution >= 4 is 10.0 Å². The van der Waals surface area contributed by atoms with Gasteiger partial charge in [0.25, 0.3) is 0 Å². The molecule has 3 rings (SSSR count). The molecular weight excluding hydrogens is 280 g/mol. The Bertz CT molecular complexity index is 609. The maximum absolute atomic E-state index is 12.5. The van der Waals surface area contributed by atoms with E-state index >= 15 is 0 Å². The summed E-state index contributed by atoms with van der Waals surface area (Å²) in [4.78, 5) is 0.257. The van der Waals surface area contributed by atoms with Crippen LogP contribution in [0.2, 0.25) is 0 Å². The molecule has 0 bridgehead atoms. The normalized spacial score (nSPS) is 21.9. The Balaban J connectivity index is 1.87. The third kappa shape index (κ3) is 2.61. The summed E-state index contributed by atoms with van der Waals surface area (Å²) in [6.07, 6.45) is 1.84. The smallest absolute Gasteiger partial charge is 0.241 e. The molecule has 1 unspecified atom stereocenters. The first-order valence-corrected chi connectivity index (χ1v) is 8.18. The highest BCUT2D eigenvalue weighted by molar-refractivity contribution is 7.89. The van der Waals surface area contributed by atoms with Crippen molar-refractivity contribution in [3.8, 4) is 11.5 Å². The van der Waals surface area contributed by atoms with Crippen LogP contribution in [0.3, 0.4) is 0 Å². The van der Waals surface area contributed by atoms with E-state index in [4.69, 9.17) is 9.47 Å². The predicted molar refractivity (Wildman–Crippen MR) is 73.5 cm³/mol. The molecule has 0 aliphatic carbocycles. The standard InChI is InChI=1S/C13H18N2O4S/c1-9-5-11-12(19-8-18-11)6-13(9)20(16,17)15-10-3-2-4-14-7-10/h5-6,10,14-15H,2-4,7-8H2,1H3. The number of fused-ring (bicyclic) bond motifs is 1. The molecule has 2 aliphatic heterocycles. The number of nitrogens with one attached hydrogen (secondary N) is 2. The van der Waals surface area contributed by atoms with Gasteiger partial charge >= 0.3 is 0 Å². The van der Waals surface area contributed by atoms with E-state index in [2.05, 4.69) is 10.0 Å². The van der Waals surface area contributed by atoms with Crippen LogP contribution >= 0.6 is 0 Å². The SMILES string of the molecule is Cc1cc2c(cc1S(=O)(=O)NC1CCCNC1)OCO2. The average Bonchev–Trinajstić information content (AvgIpc) is 2.85. The highest BCUT2D eigenvalue weighted by Gasteiger charge is 2.26. The average molecular weight is 298 g/mol. The van der Waals surface area contributed by atoms with E-state index in [-0.39, 0.29) is 17.7 Å². The summed E-state index contributed by atoms with van der Waals surface area (Å²) in [6, 6.07) is 3.19. The van der Waals surface area contributed by atoms with Gasteiger partial charge in [-0.2, -0.15) is 0 Å². The van der Waals surface area contributed by atoms with Gasteiger partial charge in [-0.1, -0.05) is 0 Å². The van der Waals surface area contributed by atoms with E-state index in [9.17, 15) is 8.42 Å². The fourth-order valence-corrected chi connectivity index (χ4v) is 4.06. The highest BCUT2D eigenvalue weighted by atomic mass is 32.2. The minimum Gasteiger partial charge on any atom is -0.454 e. The third-order valence-corrected chi connectivity index (χ3v) is 5.24. The first-order valence-electron chi connectivity index (χ1n) is 6.69. The number of benzene rings is 1. The van der Waals surface area contributed by atoms with Crippen LogP contribution in [-0.4, -0.2) is 34.3 Å². The van der Waals surface area contributed by atoms with Crippen LogP contribution in [0.4, 0.5) is 0 Å². The molecule has 0 spiro atoms. The molecule has 1 aromatic rings. The molecule has 1 atom stereocenters. The molecule has 2 heterocycles. The zero-order valence-corrected chi connectivity index (χ0v) is 12.1. The molecule has 20 heavy (non-hydrogen) atoms. The lowest BCUT2D eigenvalue weighted by atomic mass is 10.1. The van der Waals surface area contributed by atoms with Crippen LogP contribution < -0.4 is 19.5 Å². The molecule has 7 heteroatoms. The van der Waals surface area contributed by atoms with Crippen molar-refractivity contribution in [2.24, 2.45) is 0 Å². The van der Waals surface area contributed by atoms with Crippen molar-refractivity contribution in [2.75, 3.05) is 19.9 Å². The predicted octanol–water partition coefficient (Wildman–Crippen LogP) is 0.754. The number of hydrogen-bond donors (Lipinski definition) is 2. The topological polar surface area (TPSA) is 76.7 Å². The quantitative estimate of drug-likeness (QED) is 0.861. The van der Waals surface area contributed by atoms with Gasteiger partial charge in [0.05, 0.1) is 4.90 Å². The van der Waals surface area contributed by atoms with Crippen molar-refractivity contribution < 1.29 is 17.9 Å². The fraction of sp³-hybridized carbons (Fsp3) is 0.538. The summed E-state index contributed by atoms with van der Waals surface area (Å²) in [6.45, 7) is 3.51. The van der Waals surface area contributed by atoms with Gasteiger partial charge in [0.2, 0.25) is 16.8 Å². The molecule has 0 amide bonds. The molecule has 6 nitrogen and oxygen atoms in total. The first kappa shape index (κ1) is 13.7. The van der Waals surface area contributed by atoms with Gasteiger partial charge in [-0.05, 0) is 37.9 Å². The van der Waals surface area contributed by atoms with Crippen molar-refractivity contribution in [3.63, 3.8) is 0 Å². The Morgan fingerprint density at radius 1 is 1.30 bits per heavy atom. The van der Waals surface area contributed by atoms with Crippen molar-refractivity contribution in [1.29, 1.82) is 0 Å². The summed E-state index contributed by atoms with van der Waals surface area (Å²) in [5.74, 6) is 1.08. The maximum atomic E-state index is 12.5. The minimum atomic E-state index is -3.54. The third-order valence-electron chi connectivity index (χ3n) is 3.58. The second-order valence-electron chi connectivity index (χ2n) is 5.14. The van der Waals surface area contributed by atoms with Crippen LogP contribution in [-0.2, 0) is 10.0 Å². The Morgan fingerprint density at radius 2 is 2.05 bits per heavy atom. The lowest BCUT2D eigenvalue weighted by Gasteiger charge is -2.24. The van der Waals surface area contributed by atoms with Gasteiger partial charge in [-0.3, -0.25) is 0 Å². The second-order valence-corrected chi connectivity index (χ2v) is 6.82. The van der Waals surface area contributed by atoms with E-state index in [1.165, 1.54) is 6.07 Å². The van der Waals surface area contributed by atoms with Gasteiger partial charge < -0.3 is 14.8 Å². The van der Waals surface area contributed by atoms with E-state index in [1.54, 1.807) is 13.0 Å². The molecule has 110 valence electrons. The maximum Gasteiger partial charge on any atom is 0.241 e. The van der Waals surface area contributed by atoms with E-state index in [1.807, 2.05) is 0 Å². The molecule has 2 N–H and O–H groups in total. The number of ether oxygens (including phenoxy) is 2.